The molecule has 1 aliphatic carbocycles. The molecule has 3 rings (SSSR count). The highest BCUT2D eigenvalue weighted by atomic mass is 16.5. The zero-order valence-electron chi connectivity index (χ0n) is 41.5. The topological polar surface area (TPSA) is 375 Å². The summed E-state index contributed by atoms with van der Waals surface area (Å²) >= 11 is 0. The normalized spacial score (nSPS) is 14.2. The van der Waals surface area contributed by atoms with Crippen LogP contribution in [0.3, 0.4) is 0 Å². The van der Waals surface area contributed by atoms with E-state index in [0.29, 0.717) is 0 Å². The summed E-state index contributed by atoms with van der Waals surface area (Å²) in [5, 5.41) is 29.0. The van der Waals surface area contributed by atoms with E-state index in [1.54, 1.807) is 41.5 Å². The lowest BCUT2D eigenvalue weighted by Crippen LogP contribution is -2.60. The van der Waals surface area contributed by atoms with Gasteiger partial charge in [0.2, 0.25) is 41.4 Å². The molecule has 0 saturated carbocycles. The fourth-order valence-electron chi connectivity index (χ4n) is 7.39. The van der Waals surface area contributed by atoms with Gasteiger partial charge in [-0.15, -0.1) is 0 Å². The number of aliphatic carboxylic acids is 1. The molecule has 1 aliphatic rings. The Morgan fingerprint density at radius 2 is 1.17 bits per heavy atom. The summed E-state index contributed by atoms with van der Waals surface area (Å²) in [6, 6.07) is 7.50. The molecule has 2 aromatic carbocycles. The molecule has 0 aromatic heterocycles. The molecule has 6 atom stereocenters. The first kappa shape index (κ1) is 58.7. The molecular formula is C48H68N10O14. The number of amides is 9. The van der Waals surface area contributed by atoms with E-state index in [2.05, 4.69) is 42.5 Å². The first-order chi connectivity index (χ1) is 33.9. The number of esters is 1. The summed E-state index contributed by atoms with van der Waals surface area (Å²) in [4.78, 5) is 140. The second kappa shape index (κ2) is 28.3. The molecule has 0 unspecified atom stereocenters. The maximum atomic E-state index is 13.9. The van der Waals surface area contributed by atoms with Crippen LogP contribution in [0.15, 0.2) is 48.5 Å². The number of primary amides is 1. The lowest BCUT2D eigenvalue weighted by Gasteiger charge is -2.28. The van der Waals surface area contributed by atoms with E-state index in [9.17, 15) is 57.8 Å². The number of hydrogen-bond donors (Lipinski definition) is 11. The van der Waals surface area contributed by atoms with Crippen molar-refractivity contribution in [1.29, 1.82) is 0 Å². The van der Waals surface area contributed by atoms with Gasteiger partial charge in [-0.2, -0.15) is 0 Å². The predicted octanol–water partition coefficient (Wildman–Crippen LogP) is -1.22. The molecule has 24 heteroatoms. The number of carboxylic acids is 1. The third-order valence-electron chi connectivity index (χ3n) is 11.3. The SMILES string of the molecule is CC(C)C[C@H](NC(=O)[C@H](CC(=O)OCC(=O)NCC[C@@H](N)C(=O)N[C@@H](C)C(=O)NCC(=O)NCC(N)=O)NC(=O)[C@@H](NC(=O)[C@@H](NC(=O)OCC1c2ccccc2-c2ccccc21)C(C)C)C(C)C)C(=O)O. The van der Waals surface area contributed by atoms with Gasteiger partial charge in [-0.05, 0) is 59.8 Å². The summed E-state index contributed by atoms with van der Waals surface area (Å²) in [6.07, 6.45) is -1.90. The number of carboxylic acid groups (broad SMARTS) is 1. The van der Waals surface area contributed by atoms with Crippen LogP contribution in [-0.4, -0.2) is 139 Å². The molecule has 0 bridgehead atoms. The number of benzene rings is 2. The van der Waals surface area contributed by atoms with Gasteiger partial charge in [-0.3, -0.25) is 43.2 Å². The predicted molar refractivity (Wildman–Crippen MR) is 259 cm³/mol. The summed E-state index contributed by atoms with van der Waals surface area (Å²) in [5.74, 6) is -10.7. The molecule has 9 amide bonds. The average molecular weight is 1010 g/mol. The highest BCUT2D eigenvalue weighted by molar-refractivity contribution is 5.97. The largest absolute Gasteiger partial charge is 0.480 e. The van der Waals surface area contributed by atoms with Crippen LogP contribution in [0.5, 0.6) is 0 Å². The number of carbonyl (C=O) groups excluding carboxylic acids is 10. The molecule has 0 radical (unpaired) electrons. The van der Waals surface area contributed by atoms with Gasteiger partial charge < -0.3 is 68.6 Å². The van der Waals surface area contributed by atoms with E-state index < -0.39 is 139 Å². The van der Waals surface area contributed by atoms with Crippen molar-refractivity contribution in [1.82, 2.24) is 42.5 Å². The van der Waals surface area contributed by atoms with Crippen molar-refractivity contribution in [3.8, 4) is 11.1 Å². The monoisotopic (exact) mass is 1010 g/mol. The average Bonchev–Trinajstić information content (AvgIpc) is 3.64. The molecule has 72 heavy (non-hydrogen) atoms. The molecule has 0 spiro atoms. The molecular weight excluding hydrogens is 941 g/mol. The number of nitrogens with one attached hydrogen (secondary N) is 8. The van der Waals surface area contributed by atoms with E-state index in [4.69, 9.17) is 20.9 Å². The first-order valence-electron chi connectivity index (χ1n) is 23.5. The Morgan fingerprint density at radius 1 is 0.611 bits per heavy atom. The number of nitrogens with two attached hydrogens (primary N) is 2. The summed E-state index contributed by atoms with van der Waals surface area (Å²) in [6.45, 7) is 9.30. The fraction of sp³-hybridized carbons (Fsp3) is 0.521. The number of rotatable bonds is 28. The quantitative estimate of drug-likeness (QED) is 0.0445. The van der Waals surface area contributed by atoms with Crippen molar-refractivity contribution in [2.75, 3.05) is 32.8 Å². The summed E-state index contributed by atoms with van der Waals surface area (Å²) < 4.78 is 10.7. The maximum absolute atomic E-state index is 13.9. The van der Waals surface area contributed by atoms with Gasteiger partial charge in [0.05, 0.1) is 25.6 Å². The minimum Gasteiger partial charge on any atom is -0.480 e. The number of alkyl carbamates (subject to hydrolysis) is 1. The minimum absolute atomic E-state index is 0.00907. The molecule has 2 aromatic rings. The molecule has 0 heterocycles. The van der Waals surface area contributed by atoms with Crippen LogP contribution in [0.4, 0.5) is 4.79 Å². The molecule has 0 aliphatic heterocycles. The number of hydrogen-bond acceptors (Lipinski definition) is 14. The number of fused-ring (bicyclic) bond motifs is 3. The summed E-state index contributed by atoms with van der Waals surface area (Å²) in [7, 11) is 0. The zero-order chi connectivity index (χ0) is 53.8. The van der Waals surface area contributed by atoms with Gasteiger partial charge in [-0.1, -0.05) is 90.1 Å². The third-order valence-corrected chi connectivity index (χ3v) is 11.3. The van der Waals surface area contributed by atoms with Crippen LogP contribution in [0.25, 0.3) is 11.1 Å². The van der Waals surface area contributed by atoms with Crippen molar-refractivity contribution < 1.29 is 67.3 Å². The van der Waals surface area contributed by atoms with Crippen molar-refractivity contribution in [2.24, 2.45) is 29.2 Å². The molecule has 13 N–H and O–H groups in total. The first-order valence-corrected chi connectivity index (χ1v) is 23.5. The van der Waals surface area contributed by atoms with Gasteiger partial charge >= 0.3 is 18.0 Å². The van der Waals surface area contributed by atoms with Gasteiger partial charge in [-0.25, -0.2) is 9.59 Å². The Hall–Kier alpha value is -7.63. The van der Waals surface area contributed by atoms with E-state index in [0.717, 1.165) is 22.3 Å². The van der Waals surface area contributed by atoms with Gasteiger partial charge in [0.1, 0.15) is 36.8 Å². The number of carbonyl (C=O) groups is 11. The van der Waals surface area contributed by atoms with Crippen LogP contribution in [-0.2, 0) is 57.4 Å². The fourth-order valence-corrected chi connectivity index (χ4v) is 7.39. The molecule has 0 saturated heterocycles. The second-order valence-corrected chi connectivity index (χ2v) is 18.3. The zero-order valence-corrected chi connectivity index (χ0v) is 41.5. The Kier molecular flexibility index (Phi) is 23.0. The van der Waals surface area contributed by atoms with Crippen LogP contribution < -0.4 is 54.0 Å². The Morgan fingerprint density at radius 3 is 1.72 bits per heavy atom. The van der Waals surface area contributed by atoms with Crippen LogP contribution in [0.2, 0.25) is 0 Å². The summed E-state index contributed by atoms with van der Waals surface area (Å²) in [5.41, 5.74) is 14.9. The Balaban J connectivity index is 1.60. The highest BCUT2D eigenvalue weighted by Crippen LogP contribution is 2.44. The Labute approximate surface area is 416 Å². The smallest absolute Gasteiger partial charge is 0.407 e. The third kappa shape index (κ3) is 18.6. The van der Waals surface area contributed by atoms with Crippen LogP contribution >= 0.6 is 0 Å². The van der Waals surface area contributed by atoms with Crippen molar-refractivity contribution in [2.45, 2.75) is 110 Å². The lowest BCUT2D eigenvalue weighted by molar-refractivity contribution is -0.150. The van der Waals surface area contributed by atoms with Gasteiger partial charge in [0, 0.05) is 12.5 Å². The van der Waals surface area contributed by atoms with Gasteiger partial charge in [0.15, 0.2) is 6.61 Å². The number of ether oxygens (including phenoxy) is 2. The highest BCUT2D eigenvalue weighted by Gasteiger charge is 2.36. The lowest BCUT2D eigenvalue weighted by atomic mass is 9.98. The van der Waals surface area contributed by atoms with Crippen LogP contribution in [0.1, 0.15) is 84.8 Å². The molecule has 0 fully saturated rings. The molecule has 24 nitrogen and oxygen atoms in total. The standard InChI is InChI=1S/C48H68N10O14/c1-24(2)18-35(47(68)69)56-44(65)34(19-39(62)71-23-38(61)51-17-16-33(49)43(64)54-27(7)42(63)53-21-37(60)52-20-36(50)59)55-45(66)40(25(3)4)57-46(67)41(26(5)6)58-48(70)72-22-32-30-14-10-8-12-28(30)29-13-9-11-15-31(29)32/h8-15,24-27,32-35,40-41H,16-23,49H2,1-7H3,(H2,50,59)(H,51,61)(H,52,60)(H,53,63)(H,54,64)(H,55,66)(H,56,65)(H,57,67)(H,58,70)(H,68,69)/t27-,33+,34-,35-,40-,41-/m0/s1. The van der Waals surface area contributed by atoms with E-state index in [-0.39, 0.29) is 37.8 Å². The van der Waals surface area contributed by atoms with E-state index in [1.165, 1.54) is 6.92 Å². The van der Waals surface area contributed by atoms with E-state index in [1.807, 2.05) is 48.5 Å². The Bertz CT molecular complexity index is 2260. The van der Waals surface area contributed by atoms with Crippen molar-refractivity contribution >= 4 is 65.3 Å². The van der Waals surface area contributed by atoms with Gasteiger partial charge in [0.25, 0.3) is 5.91 Å². The second-order valence-electron chi connectivity index (χ2n) is 18.3. The van der Waals surface area contributed by atoms with Crippen molar-refractivity contribution in [3.05, 3.63) is 59.7 Å². The van der Waals surface area contributed by atoms with Crippen molar-refractivity contribution in [3.63, 3.8) is 0 Å². The molecule has 394 valence electrons. The van der Waals surface area contributed by atoms with Crippen LogP contribution in [0, 0.1) is 17.8 Å². The minimum atomic E-state index is -1.76. The van der Waals surface area contributed by atoms with E-state index >= 15 is 0 Å². The maximum Gasteiger partial charge on any atom is 0.407 e.